The fourth-order valence-corrected chi connectivity index (χ4v) is 4.27. The fourth-order valence-electron chi connectivity index (χ4n) is 2.68. The largest absolute Gasteiger partial charge is 0.388 e. The van der Waals surface area contributed by atoms with Crippen molar-refractivity contribution < 1.29 is 13.5 Å². The minimum atomic E-state index is -3.21. The van der Waals surface area contributed by atoms with Gasteiger partial charge in [-0.2, -0.15) is 0 Å². The van der Waals surface area contributed by atoms with Gasteiger partial charge in [0.2, 0.25) is 0 Å². The molecule has 0 radical (unpaired) electrons. The van der Waals surface area contributed by atoms with E-state index in [-0.39, 0.29) is 0 Å². The molecule has 1 fully saturated rings. The Morgan fingerprint density at radius 1 is 1.65 bits per heavy atom. The normalized spacial score (nSPS) is 29.7. The van der Waals surface area contributed by atoms with Crippen LogP contribution >= 0.6 is 0 Å². The Morgan fingerprint density at radius 3 is 2.88 bits per heavy atom. The first-order valence-electron chi connectivity index (χ1n) is 5.70. The van der Waals surface area contributed by atoms with Crippen molar-refractivity contribution in [2.45, 2.75) is 36.5 Å². The Balaban J connectivity index is 2.27. The molecule has 1 saturated carbocycles. The zero-order valence-corrected chi connectivity index (χ0v) is 10.9. The summed E-state index contributed by atoms with van der Waals surface area (Å²) in [5.41, 5.74) is -1.16. The van der Waals surface area contributed by atoms with Gasteiger partial charge in [0.1, 0.15) is 5.82 Å². The van der Waals surface area contributed by atoms with Crippen LogP contribution in [0, 0.1) is 0 Å². The van der Waals surface area contributed by atoms with Crippen LogP contribution in [0.1, 0.15) is 25.1 Å². The molecule has 1 aromatic heterocycles. The number of sulfone groups is 1. The van der Waals surface area contributed by atoms with E-state index in [0.717, 1.165) is 12.2 Å². The monoisotopic (exact) mass is 258 g/mol. The molecule has 0 spiro atoms. The van der Waals surface area contributed by atoms with Crippen LogP contribution < -0.4 is 0 Å². The van der Waals surface area contributed by atoms with Crippen LogP contribution in [0.4, 0.5) is 0 Å². The highest BCUT2D eigenvalue weighted by Gasteiger charge is 2.47. The number of hydrogen-bond donors (Lipinski definition) is 1. The van der Waals surface area contributed by atoms with Crippen molar-refractivity contribution in [2.75, 3.05) is 6.26 Å². The Kier molecular flexibility index (Phi) is 3.03. The standard InChI is InChI=1S/C11H18N2O3S/c1-13-7-6-12-10(13)8-11(14)5-3-4-9(11)17(2,15)16/h6-7,9,14H,3-5,8H2,1-2H3. The quantitative estimate of drug-likeness (QED) is 0.846. The molecule has 1 aliphatic carbocycles. The van der Waals surface area contributed by atoms with Gasteiger partial charge in [0.25, 0.3) is 0 Å². The lowest BCUT2D eigenvalue weighted by atomic mass is 9.97. The van der Waals surface area contributed by atoms with Gasteiger partial charge in [-0.1, -0.05) is 0 Å². The topological polar surface area (TPSA) is 72.2 Å². The number of aromatic nitrogens is 2. The second kappa shape index (κ2) is 4.10. The first-order valence-corrected chi connectivity index (χ1v) is 7.66. The van der Waals surface area contributed by atoms with Crippen LogP contribution in [0.5, 0.6) is 0 Å². The summed E-state index contributed by atoms with van der Waals surface area (Å²) in [5.74, 6) is 0.725. The molecule has 0 bridgehead atoms. The van der Waals surface area contributed by atoms with E-state index >= 15 is 0 Å². The summed E-state index contributed by atoms with van der Waals surface area (Å²) < 4.78 is 25.2. The third kappa shape index (κ3) is 2.37. The molecule has 0 amide bonds. The molecule has 1 aromatic rings. The van der Waals surface area contributed by atoms with Gasteiger partial charge in [0.15, 0.2) is 9.84 Å². The molecule has 1 aliphatic rings. The van der Waals surface area contributed by atoms with Crippen LogP contribution in [-0.4, -0.2) is 40.2 Å². The van der Waals surface area contributed by atoms with Crippen LogP contribution in [0.25, 0.3) is 0 Å². The van der Waals surface area contributed by atoms with Crippen molar-refractivity contribution in [1.29, 1.82) is 0 Å². The summed E-state index contributed by atoms with van der Waals surface area (Å²) in [4.78, 5) is 4.15. The first-order chi connectivity index (χ1) is 7.83. The Hall–Kier alpha value is -0.880. The van der Waals surface area contributed by atoms with Gasteiger partial charge in [0.05, 0.1) is 10.9 Å². The molecule has 96 valence electrons. The molecule has 2 rings (SSSR count). The number of aliphatic hydroxyl groups is 1. The van der Waals surface area contributed by atoms with Gasteiger partial charge < -0.3 is 9.67 Å². The maximum Gasteiger partial charge on any atom is 0.153 e. The van der Waals surface area contributed by atoms with Gasteiger partial charge in [-0.05, 0) is 19.3 Å². The first kappa shape index (κ1) is 12.6. The predicted octanol–water partition coefficient (Wildman–Crippen LogP) is 0.291. The third-order valence-corrected chi connectivity index (χ3v) is 5.29. The van der Waals surface area contributed by atoms with E-state index < -0.39 is 20.7 Å². The number of nitrogens with zero attached hydrogens (tertiary/aromatic N) is 2. The van der Waals surface area contributed by atoms with E-state index in [1.54, 1.807) is 12.4 Å². The SMILES string of the molecule is Cn1ccnc1CC1(O)CCCC1S(C)(=O)=O. The van der Waals surface area contributed by atoms with Gasteiger partial charge >= 0.3 is 0 Å². The molecular formula is C11H18N2O3S. The lowest BCUT2D eigenvalue weighted by Crippen LogP contribution is -2.44. The van der Waals surface area contributed by atoms with Crippen molar-refractivity contribution >= 4 is 9.84 Å². The zero-order chi connectivity index (χ0) is 12.7. The highest BCUT2D eigenvalue weighted by Crippen LogP contribution is 2.36. The molecule has 0 aromatic carbocycles. The lowest BCUT2D eigenvalue weighted by Gasteiger charge is -2.28. The molecular weight excluding hydrogens is 240 g/mol. The van der Waals surface area contributed by atoms with Gasteiger partial charge in [-0.15, -0.1) is 0 Å². The summed E-state index contributed by atoms with van der Waals surface area (Å²) in [6, 6.07) is 0. The maximum absolute atomic E-state index is 11.7. The fraction of sp³-hybridized carbons (Fsp3) is 0.727. The molecule has 2 unspecified atom stereocenters. The average Bonchev–Trinajstić information content (AvgIpc) is 2.74. The van der Waals surface area contributed by atoms with E-state index in [1.165, 1.54) is 6.26 Å². The Bertz CT molecular complexity index is 509. The van der Waals surface area contributed by atoms with E-state index in [4.69, 9.17) is 0 Å². The summed E-state index contributed by atoms with van der Waals surface area (Å²) in [6.07, 6.45) is 6.77. The summed E-state index contributed by atoms with van der Waals surface area (Å²) >= 11 is 0. The van der Waals surface area contributed by atoms with Gasteiger partial charge in [0, 0.05) is 32.1 Å². The van der Waals surface area contributed by atoms with E-state index in [0.29, 0.717) is 19.3 Å². The van der Waals surface area contributed by atoms with Crippen molar-refractivity contribution in [3.05, 3.63) is 18.2 Å². The van der Waals surface area contributed by atoms with E-state index in [2.05, 4.69) is 4.98 Å². The molecule has 1 heterocycles. The van der Waals surface area contributed by atoms with Crippen molar-refractivity contribution in [1.82, 2.24) is 9.55 Å². The van der Waals surface area contributed by atoms with E-state index in [9.17, 15) is 13.5 Å². The lowest BCUT2D eigenvalue weighted by molar-refractivity contribution is 0.0486. The number of aryl methyl sites for hydroxylation is 1. The number of hydrogen-bond acceptors (Lipinski definition) is 4. The second-order valence-electron chi connectivity index (χ2n) is 4.95. The highest BCUT2D eigenvalue weighted by atomic mass is 32.2. The minimum absolute atomic E-state index is 0.300. The highest BCUT2D eigenvalue weighted by molar-refractivity contribution is 7.91. The summed E-state index contributed by atoms with van der Waals surface area (Å²) in [7, 11) is -1.37. The molecule has 6 heteroatoms. The predicted molar refractivity (Wildman–Crippen MR) is 64.3 cm³/mol. The van der Waals surface area contributed by atoms with Crippen LogP contribution in [0.15, 0.2) is 12.4 Å². The minimum Gasteiger partial charge on any atom is -0.388 e. The third-order valence-electron chi connectivity index (χ3n) is 3.58. The van der Waals surface area contributed by atoms with Crippen LogP contribution in [0.2, 0.25) is 0 Å². The molecule has 1 N–H and O–H groups in total. The number of imidazole rings is 1. The summed E-state index contributed by atoms with van der Waals surface area (Å²) in [6.45, 7) is 0. The molecule has 0 aliphatic heterocycles. The van der Waals surface area contributed by atoms with Crippen molar-refractivity contribution in [2.24, 2.45) is 7.05 Å². The summed E-state index contributed by atoms with van der Waals surface area (Å²) in [5, 5.41) is 9.89. The van der Waals surface area contributed by atoms with E-state index in [1.807, 2.05) is 11.6 Å². The maximum atomic E-state index is 11.7. The van der Waals surface area contributed by atoms with Crippen LogP contribution in [-0.2, 0) is 23.3 Å². The van der Waals surface area contributed by atoms with Crippen molar-refractivity contribution in [3.63, 3.8) is 0 Å². The number of rotatable bonds is 3. The van der Waals surface area contributed by atoms with Crippen LogP contribution in [0.3, 0.4) is 0 Å². The Labute approximate surface area is 101 Å². The molecule has 5 nitrogen and oxygen atoms in total. The molecule has 17 heavy (non-hydrogen) atoms. The smallest absolute Gasteiger partial charge is 0.153 e. The zero-order valence-electron chi connectivity index (χ0n) is 10.1. The van der Waals surface area contributed by atoms with Gasteiger partial charge in [-0.25, -0.2) is 13.4 Å². The Morgan fingerprint density at radius 2 is 2.35 bits per heavy atom. The second-order valence-corrected chi connectivity index (χ2v) is 7.17. The van der Waals surface area contributed by atoms with Gasteiger partial charge in [-0.3, -0.25) is 0 Å². The molecule has 0 saturated heterocycles. The van der Waals surface area contributed by atoms with Crippen molar-refractivity contribution in [3.8, 4) is 0 Å². The average molecular weight is 258 g/mol. The molecule has 2 atom stereocenters.